The fourth-order valence-corrected chi connectivity index (χ4v) is 3.42. The van der Waals surface area contributed by atoms with Crippen LogP contribution < -0.4 is 11.5 Å². The first-order valence-electron chi connectivity index (χ1n) is 9.94. The molecule has 0 aliphatic rings. The van der Waals surface area contributed by atoms with Gasteiger partial charge >= 0.3 is 11.9 Å². The number of carbonyl (C=O) groups is 2. The number of aliphatic hydroxyl groups excluding tert-OH is 1. The molecule has 13 nitrogen and oxygen atoms in total. The molecule has 0 spiro atoms. The molecule has 0 fully saturated rings. The van der Waals surface area contributed by atoms with Gasteiger partial charge in [0.25, 0.3) is 5.60 Å². The number of halogens is 1. The van der Waals surface area contributed by atoms with E-state index >= 15 is 0 Å². The second kappa shape index (κ2) is 10.3. The van der Waals surface area contributed by atoms with Gasteiger partial charge in [0.1, 0.15) is 11.7 Å². The summed E-state index contributed by atoms with van der Waals surface area (Å²) in [4.78, 5) is 35.8. The van der Waals surface area contributed by atoms with Crippen molar-refractivity contribution >= 4 is 40.5 Å². The number of aliphatic hydroxyl groups is 1. The topological polar surface area (TPSA) is 209 Å². The molecule has 7 N–H and O–H groups in total. The lowest BCUT2D eigenvalue weighted by Gasteiger charge is -2.29. The molecule has 14 heteroatoms. The van der Waals surface area contributed by atoms with Gasteiger partial charge in [-0.3, -0.25) is 4.57 Å². The quantitative estimate of drug-likeness (QED) is 0.139. The van der Waals surface area contributed by atoms with Gasteiger partial charge in [-0.15, -0.1) is 0 Å². The van der Waals surface area contributed by atoms with Crippen molar-refractivity contribution in [3.63, 3.8) is 0 Å². The zero-order valence-electron chi connectivity index (χ0n) is 17.9. The normalized spacial score (nSPS) is 14.6. The lowest BCUT2D eigenvalue weighted by molar-refractivity contribution is -0.193. The second-order valence-electron chi connectivity index (χ2n) is 7.44. The average Bonchev–Trinajstić information content (AvgIpc) is 3.18. The van der Waals surface area contributed by atoms with Gasteiger partial charge in [-0.05, 0) is 24.1 Å². The largest absolute Gasteiger partial charge is 0.479 e. The van der Waals surface area contributed by atoms with Gasteiger partial charge in [-0.25, -0.2) is 14.6 Å². The summed E-state index contributed by atoms with van der Waals surface area (Å²) in [5.41, 5.74) is 9.68. The van der Waals surface area contributed by atoms with Crippen LogP contribution in [0.4, 0.5) is 5.82 Å². The van der Waals surface area contributed by atoms with Gasteiger partial charge in [0.2, 0.25) is 5.28 Å². The highest BCUT2D eigenvalue weighted by Gasteiger charge is 2.48. The molecule has 0 saturated heterocycles. The van der Waals surface area contributed by atoms with Gasteiger partial charge in [-0.2, -0.15) is 9.97 Å². The predicted octanol–water partition coefficient (Wildman–Crippen LogP) is 0.410. The van der Waals surface area contributed by atoms with E-state index in [0.717, 1.165) is 0 Å². The van der Waals surface area contributed by atoms with Gasteiger partial charge < -0.3 is 36.3 Å². The third-order valence-corrected chi connectivity index (χ3v) is 5.08. The van der Waals surface area contributed by atoms with Crippen molar-refractivity contribution in [3.05, 3.63) is 47.5 Å². The Morgan fingerprint density at radius 2 is 1.85 bits per heavy atom. The van der Waals surface area contributed by atoms with Crippen molar-refractivity contribution in [3.8, 4) is 0 Å². The molecule has 1 aromatic carbocycles. The van der Waals surface area contributed by atoms with Gasteiger partial charge in [0, 0.05) is 6.42 Å². The first-order valence-corrected chi connectivity index (χ1v) is 10.3. The number of benzene rings is 1. The molecule has 0 aliphatic carbocycles. The number of aliphatic carboxylic acids is 2. The molecule has 0 aliphatic heterocycles. The monoisotopic (exact) mass is 494 g/mol. The van der Waals surface area contributed by atoms with Crippen molar-refractivity contribution < 1.29 is 34.4 Å². The molecule has 2 heterocycles. The molecule has 0 saturated carbocycles. The van der Waals surface area contributed by atoms with Gasteiger partial charge in [-0.1, -0.05) is 30.3 Å². The Bertz CT molecular complexity index is 1160. The molecule has 182 valence electrons. The molecule has 3 atom stereocenters. The third-order valence-electron chi connectivity index (χ3n) is 4.91. The van der Waals surface area contributed by atoms with E-state index < -0.39 is 49.1 Å². The van der Waals surface area contributed by atoms with E-state index in [1.165, 1.54) is 17.8 Å². The van der Waals surface area contributed by atoms with E-state index in [9.17, 15) is 24.9 Å². The second-order valence-corrected chi connectivity index (χ2v) is 7.78. The highest BCUT2D eigenvalue weighted by atomic mass is 35.5. The van der Waals surface area contributed by atoms with Crippen molar-refractivity contribution in [2.45, 2.75) is 37.5 Å². The number of rotatable bonds is 11. The Kier molecular flexibility index (Phi) is 7.64. The summed E-state index contributed by atoms with van der Waals surface area (Å²) in [6.45, 7) is 1.03. The Morgan fingerprint density at radius 1 is 1.21 bits per heavy atom. The van der Waals surface area contributed by atoms with Crippen LogP contribution in [0.2, 0.25) is 5.28 Å². The maximum atomic E-state index is 11.9. The number of nitrogen functional groups attached to an aromatic ring is 1. The van der Waals surface area contributed by atoms with Gasteiger partial charge in [0.15, 0.2) is 17.7 Å². The van der Waals surface area contributed by atoms with Crippen molar-refractivity contribution in [1.82, 2.24) is 19.5 Å². The number of carboxylic acid groups (broad SMARTS) is 2. The van der Waals surface area contributed by atoms with Crippen LogP contribution in [0.5, 0.6) is 0 Å². The number of fused-ring (bicyclic) bond motifs is 1. The van der Waals surface area contributed by atoms with Crippen LogP contribution in [0.25, 0.3) is 11.2 Å². The molecule has 34 heavy (non-hydrogen) atoms. The molecule has 0 radical (unpaired) electrons. The summed E-state index contributed by atoms with van der Waals surface area (Å²) >= 11 is 5.86. The lowest BCUT2D eigenvalue weighted by atomic mass is 9.94. The fourth-order valence-electron chi connectivity index (χ4n) is 3.25. The zero-order chi connectivity index (χ0) is 25.0. The number of aromatic nitrogens is 4. The maximum Gasteiger partial charge on any atom is 0.348 e. The molecule has 3 aromatic rings. The molecular formula is C20H23ClN6O7. The zero-order valence-corrected chi connectivity index (χ0v) is 18.7. The number of nitrogens with two attached hydrogens (primary N) is 2. The number of hydrogen-bond donors (Lipinski definition) is 5. The van der Waals surface area contributed by atoms with E-state index in [-0.39, 0.29) is 22.3 Å². The van der Waals surface area contributed by atoms with Crippen LogP contribution >= 0.6 is 11.6 Å². The predicted molar refractivity (Wildman–Crippen MR) is 119 cm³/mol. The SMILES string of the molecule is C[C@@H](COC(Cc1ccccc1)(C(=O)O)C(=O)O)O[C@H]([C@@H](N)O)n1cnc2c(N)nc(Cl)nc21. The standard InChI is InChI=1S/C20H23ClN6O7/c1-10(8-33-20(17(29)30,18(31)32)7-11-5-3-2-4-6-11)34-16(14(23)28)27-9-24-12-13(22)25-19(21)26-15(12)27/h2-6,9-10,14,16,28H,7-8,23H2,1H3,(H,29,30)(H,31,32)(H2,22,25,26)/t10-,14-,16+/m0/s1. The summed E-state index contributed by atoms with van der Waals surface area (Å²) in [5, 5.41) is 29.3. The van der Waals surface area contributed by atoms with Crippen molar-refractivity contribution in [1.29, 1.82) is 0 Å². The van der Waals surface area contributed by atoms with Crippen molar-refractivity contribution in [2.75, 3.05) is 12.3 Å². The highest BCUT2D eigenvalue weighted by Crippen LogP contribution is 2.25. The lowest BCUT2D eigenvalue weighted by Crippen LogP contribution is -2.52. The summed E-state index contributed by atoms with van der Waals surface area (Å²) in [5.74, 6) is -3.34. The number of carboxylic acids is 2. The van der Waals surface area contributed by atoms with E-state index in [1.807, 2.05) is 0 Å². The first-order chi connectivity index (χ1) is 16.0. The molecule has 3 rings (SSSR count). The van der Waals surface area contributed by atoms with E-state index in [4.69, 9.17) is 32.5 Å². The summed E-state index contributed by atoms with van der Waals surface area (Å²) in [6.07, 6.45) is -2.94. The Balaban J connectivity index is 1.81. The van der Waals surface area contributed by atoms with Crippen LogP contribution in [0, 0.1) is 0 Å². The van der Waals surface area contributed by atoms with Crippen LogP contribution in [0.1, 0.15) is 18.7 Å². The average molecular weight is 495 g/mol. The van der Waals surface area contributed by atoms with E-state index in [1.54, 1.807) is 30.3 Å². The van der Waals surface area contributed by atoms with Crippen LogP contribution in [-0.4, -0.2) is 71.3 Å². The molecule has 0 unspecified atom stereocenters. The Hall–Kier alpha value is -3.36. The number of nitrogens with zero attached hydrogens (tertiary/aromatic N) is 4. The number of anilines is 1. The number of hydrogen-bond acceptors (Lipinski definition) is 10. The number of imidazole rings is 1. The number of ether oxygens (including phenoxy) is 2. The molecular weight excluding hydrogens is 472 g/mol. The summed E-state index contributed by atoms with van der Waals surface area (Å²) < 4.78 is 12.4. The van der Waals surface area contributed by atoms with Crippen LogP contribution in [0.3, 0.4) is 0 Å². The maximum absolute atomic E-state index is 11.9. The van der Waals surface area contributed by atoms with Crippen LogP contribution in [0.15, 0.2) is 36.7 Å². The third kappa shape index (κ3) is 5.24. The minimum absolute atomic E-state index is 0.00371. The Labute approximate surface area is 197 Å². The van der Waals surface area contributed by atoms with E-state index in [2.05, 4.69) is 15.0 Å². The minimum atomic E-state index is -2.56. The highest BCUT2D eigenvalue weighted by molar-refractivity contribution is 6.28. The summed E-state index contributed by atoms with van der Waals surface area (Å²) in [7, 11) is 0. The minimum Gasteiger partial charge on any atom is -0.479 e. The summed E-state index contributed by atoms with van der Waals surface area (Å²) in [6, 6.07) is 8.20. The molecule has 0 bridgehead atoms. The molecule has 2 aromatic heterocycles. The molecule has 0 amide bonds. The van der Waals surface area contributed by atoms with Crippen molar-refractivity contribution in [2.24, 2.45) is 5.73 Å². The first kappa shape index (κ1) is 25.3. The van der Waals surface area contributed by atoms with E-state index in [0.29, 0.717) is 5.56 Å². The smallest absolute Gasteiger partial charge is 0.348 e. The fraction of sp³-hybridized carbons (Fsp3) is 0.350. The Morgan fingerprint density at radius 3 is 2.44 bits per heavy atom. The van der Waals surface area contributed by atoms with Crippen LogP contribution in [-0.2, 0) is 25.5 Å². The van der Waals surface area contributed by atoms with Gasteiger partial charge in [0.05, 0.1) is 19.0 Å².